The molecule has 0 saturated carbocycles. The summed E-state index contributed by atoms with van der Waals surface area (Å²) < 4.78 is 37.4. The molecule has 0 unspecified atom stereocenters. The van der Waals surface area contributed by atoms with Crippen molar-refractivity contribution in [2.24, 2.45) is 0 Å². The lowest BCUT2D eigenvalue weighted by Gasteiger charge is -2.32. The molecule has 0 N–H and O–H groups in total. The fraction of sp³-hybridized carbons (Fsp3) is 0.312. The predicted molar refractivity (Wildman–Crippen MR) is 92.0 cm³/mol. The van der Waals surface area contributed by atoms with Crippen molar-refractivity contribution in [3.63, 3.8) is 0 Å². The molecule has 0 bridgehead atoms. The number of thiophene rings is 1. The van der Waals surface area contributed by atoms with Gasteiger partial charge < -0.3 is 4.90 Å². The van der Waals surface area contributed by atoms with Crippen molar-refractivity contribution in [1.82, 2.24) is 9.21 Å². The number of sulfonamides is 1. The Morgan fingerprint density at radius 2 is 1.67 bits per heavy atom. The Morgan fingerprint density at radius 1 is 1.04 bits per heavy atom. The molecule has 1 aromatic heterocycles. The topological polar surface area (TPSA) is 57.7 Å². The van der Waals surface area contributed by atoms with Gasteiger partial charge in [0.15, 0.2) is 0 Å². The van der Waals surface area contributed by atoms with Gasteiger partial charge >= 0.3 is 0 Å². The Kier molecular flexibility index (Phi) is 4.71. The van der Waals surface area contributed by atoms with Crippen molar-refractivity contribution >= 4 is 27.3 Å². The number of hydrogen-bond donors (Lipinski definition) is 0. The molecule has 128 valence electrons. The first kappa shape index (κ1) is 17.1. The van der Waals surface area contributed by atoms with E-state index in [0.29, 0.717) is 31.1 Å². The first-order valence-electron chi connectivity index (χ1n) is 7.45. The van der Waals surface area contributed by atoms with Crippen molar-refractivity contribution in [2.75, 3.05) is 32.4 Å². The second kappa shape index (κ2) is 6.62. The summed E-state index contributed by atoms with van der Waals surface area (Å²) in [5.41, 5.74) is 0.863. The molecule has 8 heteroatoms. The highest BCUT2D eigenvalue weighted by atomic mass is 32.2. The van der Waals surface area contributed by atoms with Gasteiger partial charge in [-0.2, -0.15) is 4.31 Å². The predicted octanol–water partition coefficient (Wildman–Crippen LogP) is 2.27. The van der Waals surface area contributed by atoms with Gasteiger partial charge in [0.05, 0.1) is 11.1 Å². The number of hydrogen-bond acceptors (Lipinski definition) is 4. The maximum atomic E-state index is 13.0. The second-order valence-electron chi connectivity index (χ2n) is 5.63. The zero-order valence-corrected chi connectivity index (χ0v) is 14.7. The lowest BCUT2D eigenvalue weighted by molar-refractivity contribution is 0.0703. The molecule has 2 aromatic rings. The molecule has 1 fully saturated rings. The SMILES string of the molecule is CS(=O)(=O)N1CCN(C(=O)c2ccc(-c3ccc(F)cc3)s2)CC1. The van der Waals surface area contributed by atoms with Crippen LogP contribution in [-0.2, 0) is 10.0 Å². The summed E-state index contributed by atoms with van der Waals surface area (Å²) in [4.78, 5) is 15.7. The molecule has 0 atom stereocenters. The first-order chi connectivity index (χ1) is 11.3. The number of piperazine rings is 1. The summed E-state index contributed by atoms with van der Waals surface area (Å²) in [6.45, 7) is 1.41. The average Bonchev–Trinajstić information content (AvgIpc) is 3.04. The quantitative estimate of drug-likeness (QED) is 0.835. The van der Waals surface area contributed by atoms with Crippen LogP contribution in [0.5, 0.6) is 0 Å². The standard InChI is InChI=1S/C16H17FN2O3S2/c1-24(21,22)19-10-8-18(9-11-19)16(20)15-7-6-14(23-15)12-2-4-13(17)5-3-12/h2-7H,8-11H2,1H3. The van der Waals surface area contributed by atoms with E-state index in [1.54, 1.807) is 23.1 Å². The molecule has 24 heavy (non-hydrogen) atoms. The summed E-state index contributed by atoms with van der Waals surface area (Å²) in [6.07, 6.45) is 1.18. The molecule has 0 spiro atoms. The van der Waals surface area contributed by atoms with E-state index in [1.807, 2.05) is 6.07 Å². The molecule has 0 aliphatic carbocycles. The number of amides is 1. The van der Waals surface area contributed by atoms with Gasteiger partial charge in [-0.25, -0.2) is 12.8 Å². The van der Waals surface area contributed by atoms with Crippen molar-refractivity contribution in [3.8, 4) is 10.4 Å². The van der Waals surface area contributed by atoms with Gasteiger partial charge in [-0.1, -0.05) is 12.1 Å². The van der Waals surface area contributed by atoms with Crippen LogP contribution in [0.2, 0.25) is 0 Å². The van der Waals surface area contributed by atoms with Gasteiger partial charge in [0.1, 0.15) is 5.82 Å². The fourth-order valence-electron chi connectivity index (χ4n) is 2.60. The van der Waals surface area contributed by atoms with E-state index in [9.17, 15) is 17.6 Å². The van der Waals surface area contributed by atoms with Crippen LogP contribution in [-0.4, -0.2) is 56.0 Å². The van der Waals surface area contributed by atoms with E-state index in [1.165, 1.54) is 34.0 Å². The van der Waals surface area contributed by atoms with E-state index in [2.05, 4.69) is 0 Å². The molecule has 1 aromatic carbocycles. The Hall–Kier alpha value is -1.77. The van der Waals surface area contributed by atoms with Crippen LogP contribution in [0, 0.1) is 5.82 Å². The normalized spacial score (nSPS) is 16.3. The highest BCUT2D eigenvalue weighted by Gasteiger charge is 2.27. The van der Waals surface area contributed by atoms with Crippen LogP contribution in [0.1, 0.15) is 9.67 Å². The summed E-state index contributed by atoms with van der Waals surface area (Å²) >= 11 is 1.35. The molecule has 0 radical (unpaired) electrons. The largest absolute Gasteiger partial charge is 0.335 e. The van der Waals surface area contributed by atoms with Gasteiger partial charge in [0.25, 0.3) is 5.91 Å². The van der Waals surface area contributed by atoms with Crippen LogP contribution in [0.4, 0.5) is 4.39 Å². The highest BCUT2D eigenvalue weighted by Crippen LogP contribution is 2.29. The lowest BCUT2D eigenvalue weighted by Crippen LogP contribution is -2.50. The molecule has 1 aliphatic heterocycles. The summed E-state index contributed by atoms with van der Waals surface area (Å²) in [5.74, 6) is -0.392. The van der Waals surface area contributed by atoms with Crippen molar-refractivity contribution in [3.05, 3.63) is 47.1 Å². The van der Waals surface area contributed by atoms with Crippen LogP contribution in [0.25, 0.3) is 10.4 Å². The van der Waals surface area contributed by atoms with Crippen molar-refractivity contribution < 1.29 is 17.6 Å². The van der Waals surface area contributed by atoms with Crippen LogP contribution in [0.15, 0.2) is 36.4 Å². The Balaban J connectivity index is 1.70. The van der Waals surface area contributed by atoms with E-state index in [0.717, 1.165) is 10.4 Å². The maximum absolute atomic E-state index is 13.0. The minimum absolute atomic E-state index is 0.0958. The van der Waals surface area contributed by atoms with E-state index in [-0.39, 0.29) is 11.7 Å². The molecular formula is C16H17FN2O3S2. The molecule has 1 aliphatic rings. The van der Waals surface area contributed by atoms with Gasteiger partial charge in [-0.3, -0.25) is 4.79 Å². The van der Waals surface area contributed by atoms with E-state index < -0.39 is 10.0 Å². The summed E-state index contributed by atoms with van der Waals surface area (Å²) in [7, 11) is -3.21. The van der Waals surface area contributed by atoms with Gasteiger partial charge in [0, 0.05) is 31.1 Å². The smallest absolute Gasteiger partial charge is 0.264 e. The zero-order chi connectivity index (χ0) is 17.3. The number of halogens is 1. The lowest BCUT2D eigenvalue weighted by atomic mass is 10.2. The molecule has 3 rings (SSSR count). The van der Waals surface area contributed by atoms with Crippen LogP contribution >= 0.6 is 11.3 Å². The molecular weight excluding hydrogens is 351 g/mol. The number of benzene rings is 1. The summed E-state index contributed by atoms with van der Waals surface area (Å²) in [5, 5.41) is 0. The van der Waals surface area contributed by atoms with Crippen molar-refractivity contribution in [2.45, 2.75) is 0 Å². The maximum Gasteiger partial charge on any atom is 0.264 e. The minimum atomic E-state index is -3.21. The first-order valence-corrected chi connectivity index (χ1v) is 10.1. The van der Waals surface area contributed by atoms with Gasteiger partial charge in [0.2, 0.25) is 10.0 Å². The number of nitrogens with zero attached hydrogens (tertiary/aromatic N) is 2. The average molecular weight is 368 g/mol. The third kappa shape index (κ3) is 3.66. The Bertz CT molecular complexity index is 838. The molecule has 2 heterocycles. The van der Waals surface area contributed by atoms with Crippen molar-refractivity contribution in [1.29, 1.82) is 0 Å². The Morgan fingerprint density at radius 3 is 2.25 bits per heavy atom. The zero-order valence-electron chi connectivity index (χ0n) is 13.1. The Labute approximate surface area is 144 Å². The highest BCUT2D eigenvalue weighted by molar-refractivity contribution is 7.88. The van der Waals surface area contributed by atoms with E-state index >= 15 is 0 Å². The van der Waals surface area contributed by atoms with Gasteiger partial charge in [-0.05, 0) is 29.8 Å². The molecule has 5 nitrogen and oxygen atoms in total. The third-order valence-electron chi connectivity index (χ3n) is 3.94. The molecule has 1 saturated heterocycles. The number of carbonyl (C=O) groups is 1. The van der Waals surface area contributed by atoms with Crippen LogP contribution in [0.3, 0.4) is 0 Å². The minimum Gasteiger partial charge on any atom is -0.335 e. The monoisotopic (exact) mass is 368 g/mol. The number of rotatable bonds is 3. The van der Waals surface area contributed by atoms with Gasteiger partial charge in [-0.15, -0.1) is 11.3 Å². The van der Waals surface area contributed by atoms with E-state index in [4.69, 9.17) is 0 Å². The third-order valence-corrected chi connectivity index (χ3v) is 6.37. The second-order valence-corrected chi connectivity index (χ2v) is 8.69. The summed E-state index contributed by atoms with van der Waals surface area (Å²) in [6, 6.07) is 9.75. The fourth-order valence-corrected chi connectivity index (χ4v) is 4.41. The molecule has 1 amide bonds. The number of carbonyl (C=O) groups excluding carboxylic acids is 1. The van der Waals surface area contributed by atoms with Crippen LogP contribution < -0.4 is 0 Å².